The molecule has 0 bridgehead atoms. The summed E-state index contributed by atoms with van der Waals surface area (Å²) in [5.74, 6) is 0.435. The first-order valence-corrected chi connectivity index (χ1v) is 12.2. The van der Waals surface area contributed by atoms with Crippen molar-refractivity contribution in [3.8, 4) is 0 Å². The second kappa shape index (κ2) is 11.4. The predicted octanol–water partition coefficient (Wildman–Crippen LogP) is 3.59. The zero-order chi connectivity index (χ0) is 23.0. The van der Waals surface area contributed by atoms with Crippen molar-refractivity contribution in [3.63, 3.8) is 0 Å². The number of nitrogens with zero attached hydrogens (tertiary/aromatic N) is 2. The third kappa shape index (κ3) is 7.16. The quantitative estimate of drug-likeness (QED) is 0.574. The fourth-order valence-electron chi connectivity index (χ4n) is 3.37. The molecule has 0 unspecified atom stereocenters. The van der Waals surface area contributed by atoms with E-state index < -0.39 is 10.0 Å². The van der Waals surface area contributed by atoms with Crippen molar-refractivity contribution in [2.75, 3.05) is 26.7 Å². The summed E-state index contributed by atoms with van der Waals surface area (Å²) < 4.78 is 26.5. The molecule has 0 fully saturated rings. The van der Waals surface area contributed by atoms with Crippen LogP contribution >= 0.6 is 0 Å². The van der Waals surface area contributed by atoms with Gasteiger partial charge in [-0.1, -0.05) is 64.1 Å². The van der Waals surface area contributed by atoms with Gasteiger partial charge in [-0.25, -0.2) is 8.42 Å². The molecule has 31 heavy (non-hydrogen) atoms. The van der Waals surface area contributed by atoms with E-state index in [0.717, 1.165) is 5.56 Å². The van der Waals surface area contributed by atoms with Gasteiger partial charge in [-0.05, 0) is 41.8 Å². The number of nitrogens with one attached hydrogen (secondary N) is 1. The number of sulfonamides is 1. The number of carbonyl (C=O) groups is 1. The maximum atomic E-state index is 12.5. The number of carbonyl (C=O) groups excluding carboxylic acids is 1. The van der Waals surface area contributed by atoms with Crippen LogP contribution in [0.25, 0.3) is 0 Å². The fraction of sp³-hybridized carbons (Fsp3) is 0.458. The molecule has 0 saturated carbocycles. The van der Waals surface area contributed by atoms with Gasteiger partial charge in [0.1, 0.15) is 0 Å². The summed E-state index contributed by atoms with van der Waals surface area (Å²) in [6, 6.07) is 15.2. The topological polar surface area (TPSA) is 69.7 Å². The lowest BCUT2D eigenvalue weighted by Gasteiger charge is -2.18. The first-order valence-electron chi connectivity index (χ1n) is 10.8. The molecule has 2 aromatic carbocycles. The van der Waals surface area contributed by atoms with Crippen molar-refractivity contribution >= 4 is 15.9 Å². The Hall–Kier alpha value is -2.22. The minimum atomic E-state index is -3.46. The summed E-state index contributed by atoms with van der Waals surface area (Å²) in [5, 5.41) is 2.90. The van der Waals surface area contributed by atoms with Crippen molar-refractivity contribution < 1.29 is 13.2 Å². The third-order valence-electron chi connectivity index (χ3n) is 5.27. The maximum Gasteiger partial charge on any atom is 0.243 e. The summed E-state index contributed by atoms with van der Waals surface area (Å²) in [6.45, 7) is 10.2. The van der Waals surface area contributed by atoms with Crippen LogP contribution in [0.1, 0.15) is 50.3 Å². The van der Waals surface area contributed by atoms with Crippen molar-refractivity contribution in [1.82, 2.24) is 14.5 Å². The highest BCUT2D eigenvalue weighted by atomic mass is 32.2. The standard InChI is InChI=1S/C24H35N3O3S/c1-6-27(7-2)31(29,30)23-14-10-20(11-15-23)16-25-24(28)18-26(5)17-21-8-12-22(13-9-21)19(3)4/h8-15,19H,6-7,16-18H2,1-5H3,(H,25,28). The van der Waals surface area contributed by atoms with Gasteiger partial charge >= 0.3 is 0 Å². The monoisotopic (exact) mass is 445 g/mol. The molecule has 0 atom stereocenters. The molecule has 0 radical (unpaired) electrons. The highest BCUT2D eigenvalue weighted by Crippen LogP contribution is 2.17. The van der Waals surface area contributed by atoms with E-state index in [1.54, 1.807) is 24.3 Å². The highest BCUT2D eigenvalue weighted by molar-refractivity contribution is 7.89. The van der Waals surface area contributed by atoms with E-state index >= 15 is 0 Å². The molecule has 1 N–H and O–H groups in total. The first-order chi connectivity index (χ1) is 14.7. The Labute approximate surface area is 187 Å². The van der Waals surface area contributed by atoms with Gasteiger partial charge in [0.15, 0.2) is 0 Å². The second-order valence-electron chi connectivity index (χ2n) is 8.08. The predicted molar refractivity (Wildman–Crippen MR) is 125 cm³/mol. The number of hydrogen-bond acceptors (Lipinski definition) is 4. The molecule has 2 rings (SSSR count). The molecule has 7 heteroatoms. The fourth-order valence-corrected chi connectivity index (χ4v) is 4.83. The lowest BCUT2D eigenvalue weighted by Crippen LogP contribution is -2.34. The molecule has 0 aliphatic heterocycles. The molecule has 0 aliphatic carbocycles. The number of rotatable bonds is 11. The Kier molecular flexibility index (Phi) is 9.22. The van der Waals surface area contributed by atoms with E-state index in [1.807, 2.05) is 25.8 Å². The molecule has 2 aromatic rings. The van der Waals surface area contributed by atoms with Crippen LogP contribution in [0.4, 0.5) is 0 Å². The van der Waals surface area contributed by atoms with Gasteiger partial charge in [-0.15, -0.1) is 0 Å². The van der Waals surface area contributed by atoms with Gasteiger partial charge in [-0.3, -0.25) is 9.69 Å². The van der Waals surface area contributed by atoms with E-state index in [0.29, 0.717) is 38.6 Å². The van der Waals surface area contributed by atoms with E-state index in [4.69, 9.17) is 0 Å². The van der Waals surface area contributed by atoms with E-state index in [-0.39, 0.29) is 10.8 Å². The third-order valence-corrected chi connectivity index (χ3v) is 7.33. The average molecular weight is 446 g/mol. The number of benzene rings is 2. The number of amides is 1. The minimum Gasteiger partial charge on any atom is -0.351 e. The Bertz CT molecular complexity index is 935. The van der Waals surface area contributed by atoms with Crippen LogP contribution in [-0.2, 0) is 27.9 Å². The van der Waals surface area contributed by atoms with Crippen LogP contribution in [-0.4, -0.2) is 50.2 Å². The number of likely N-dealkylation sites (N-methyl/N-ethyl adjacent to an activating group) is 1. The molecule has 0 aromatic heterocycles. The minimum absolute atomic E-state index is 0.0684. The molecular formula is C24H35N3O3S. The van der Waals surface area contributed by atoms with E-state index in [2.05, 4.69) is 43.4 Å². The summed E-state index contributed by atoms with van der Waals surface area (Å²) >= 11 is 0. The van der Waals surface area contributed by atoms with Crippen molar-refractivity contribution in [3.05, 3.63) is 65.2 Å². The van der Waals surface area contributed by atoms with Crippen LogP contribution < -0.4 is 5.32 Å². The van der Waals surface area contributed by atoms with E-state index in [1.165, 1.54) is 15.4 Å². The van der Waals surface area contributed by atoms with Crippen LogP contribution in [0.5, 0.6) is 0 Å². The van der Waals surface area contributed by atoms with Crippen LogP contribution in [0, 0.1) is 0 Å². The summed E-state index contributed by atoms with van der Waals surface area (Å²) in [4.78, 5) is 14.5. The molecule has 170 valence electrons. The highest BCUT2D eigenvalue weighted by Gasteiger charge is 2.21. The van der Waals surface area contributed by atoms with E-state index in [9.17, 15) is 13.2 Å². The Morgan fingerprint density at radius 3 is 2.00 bits per heavy atom. The number of hydrogen-bond donors (Lipinski definition) is 1. The largest absolute Gasteiger partial charge is 0.351 e. The maximum absolute atomic E-state index is 12.5. The molecule has 0 spiro atoms. The van der Waals surface area contributed by atoms with Crippen LogP contribution in [0.15, 0.2) is 53.4 Å². The van der Waals surface area contributed by atoms with Crippen molar-refractivity contribution in [2.45, 2.75) is 51.6 Å². The van der Waals surface area contributed by atoms with Crippen molar-refractivity contribution in [2.24, 2.45) is 0 Å². The normalized spacial score (nSPS) is 12.0. The molecule has 0 aliphatic rings. The molecular weight excluding hydrogens is 410 g/mol. The zero-order valence-electron chi connectivity index (χ0n) is 19.3. The lowest BCUT2D eigenvalue weighted by molar-refractivity contribution is -0.122. The average Bonchev–Trinajstić information content (AvgIpc) is 2.73. The van der Waals surface area contributed by atoms with Crippen LogP contribution in [0.2, 0.25) is 0 Å². The van der Waals surface area contributed by atoms with Gasteiger partial charge in [-0.2, -0.15) is 4.31 Å². The van der Waals surface area contributed by atoms with Gasteiger partial charge in [0.2, 0.25) is 15.9 Å². The summed E-state index contributed by atoms with van der Waals surface area (Å²) in [7, 11) is -1.54. The molecule has 0 saturated heterocycles. The summed E-state index contributed by atoms with van der Waals surface area (Å²) in [5.41, 5.74) is 3.34. The Morgan fingerprint density at radius 1 is 0.935 bits per heavy atom. The summed E-state index contributed by atoms with van der Waals surface area (Å²) in [6.07, 6.45) is 0. The first kappa shape index (κ1) is 25.0. The SMILES string of the molecule is CCN(CC)S(=O)(=O)c1ccc(CNC(=O)CN(C)Cc2ccc(C(C)C)cc2)cc1. The smallest absolute Gasteiger partial charge is 0.243 e. The van der Waals surface area contributed by atoms with Gasteiger partial charge < -0.3 is 5.32 Å². The molecule has 6 nitrogen and oxygen atoms in total. The van der Waals surface area contributed by atoms with Gasteiger partial charge in [0.05, 0.1) is 11.4 Å². The second-order valence-corrected chi connectivity index (χ2v) is 10.0. The Morgan fingerprint density at radius 2 is 1.48 bits per heavy atom. The van der Waals surface area contributed by atoms with Crippen LogP contribution in [0.3, 0.4) is 0 Å². The molecule has 0 heterocycles. The van der Waals surface area contributed by atoms with Gasteiger partial charge in [0.25, 0.3) is 0 Å². The lowest BCUT2D eigenvalue weighted by atomic mass is 10.0. The van der Waals surface area contributed by atoms with Gasteiger partial charge in [0, 0.05) is 26.2 Å². The Balaban J connectivity index is 1.85. The molecule has 1 amide bonds. The zero-order valence-corrected chi connectivity index (χ0v) is 20.1. The van der Waals surface area contributed by atoms with Crippen molar-refractivity contribution in [1.29, 1.82) is 0 Å².